The van der Waals surface area contributed by atoms with E-state index >= 15 is 0 Å². The van der Waals surface area contributed by atoms with Crippen molar-refractivity contribution in [3.8, 4) is 0 Å². The van der Waals surface area contributed by atoms with Gasteiger partial charge in [-0.25, -0.2) is 13.2 Å². The molecule has 0 fully saturated rings. The summed E-state index contributed by atoms with van der Waals surface area (Å²) in [6.45, 7) is 4.08. The van der Waals surface area contributed by atoms with E-state index in [1.807, 2.05) is 13.0 Å². The summed E-state index contributed by atoms with van der Waals surface area (Å²) in [6, 6.07) is 14.5. The monoisotopic (exact) mass is 418 g/mol. The number of benzene rings is 2. The van der Waals surface area contributed by atoms with Crippen LogP contribution >= 0.6 is 0 Å². The molecule has 0 saturated carbocycles. The molecule has 0 spiro atoms. The van der Waals surface area contributed by atoms with E-state index in [9.17, 15) is 18.0 Å². The molecule has 1 amide bonds. The van der Waals surface area contributed by atoms with E-state index in [0.717, 1.165) is 6.42 Å². The number of para-hydroxylation sites is 1. The average molecular weight is 419 g/mol. The number of nitrogens with zero attached hydrogens (tertiary/aromatic N) is 1. The second-order valence-electron chi connectivity index (χ2n) is 6.32. The summed E-state index contributed by atoms with van der Waals surface area (Å²) in [5, 5.41) is 2.52. The van der Waals surface area contributed by atoms with Gasteiger partial charge in [0, 0.05) is 13.1 Å². The molecule has 8 heteroatoms. The zero-order valence-corrected chi connectivity index (χ0v) is 17.4. The SMILES string of the molecule is CCCCN(c1ccccc1)S(=O)(=O)c1cccc(C(=O)OCC(=O)NCC)c1. The van der Waals surface area contributed by atoms with Crippen molar-refractivity contribution in [2.45, 2.75) is 31.6 Å². The van der Waals surface area contributed by atoms with Gasteiger partial charge in [-0.3, -0.25) is 9.10 Å². The standard InChI is InChI=1S/C21H26N2O5S/c1-3-5-14-23(18-11-7-6-8-12-18)29(26,27)19-13-9-10-17(15-19)21(25)28-16-20(24)22-4-2/h6-13,15H,3-5,14,16H2,1-2H3,(H,22,24). The molecule has 0 radical (unpaired) electrons. The highest BCUT2D eigenvalue weighted by atomic mass is 32.2. The predicted octanol–water partition coefficient (Wildman–Crippen LogP) is 2.97. The number of carbonyl (C=O) groups excluding carboxylic acids is 2. The Morgan fingerprint density at radius 3 is 2.41 bits per heavy atom. The number of ether oxygens (including phenoxy) is 1. The largest absolute Gasteiger partial charge is 0.452 e. The molecule has 0 aromatic heterocycles. The molecule has 0 heterocycles. The predicted molar refractivity (Wildman–Crippen MR) is 111 cm³/mol. The highest BCUT2D eigenvalue weighted by Gasteiger charge is 2.25. The van der Waals surface area contributed by atoms with Gasteiger partial charge in [-0.1, -0.05) is 37.6 Å². The van der Waals surface area contributed by atoms with Crippen LogP contribution in [0.1, 0.15) is 37.0 Å². The third kappa shape index (κ3) is 6.05. The number of hydrogen-bond donors (Lipinski definition) is 1. The van der Waals surface area contributed by atoms with Gasteiger partial charge in [0.15, 0.2) is 6.61 Å². The molecule has 0 unspecified atom stereocenters. The minimum Gasteiger partial charge on any atom is -0.452 e. The zero-order chi connectivity index (χ0) is 21.3. The topological polar surface area (TPSA) is 92.8 Å². The molecule has 2 aromatic rings. The maximum absolute atomic E-state index is 13.3. The summed E-state index contributed by atoms with van der Waals surface area (Å²) in [6.07, 6.45) is 1.54. The second-order valence-corrected chi connectivity index (χ2v) is 8.19. The summed E-state index contributed by atoms with van der Waals surface area (Å²) in [5.74, 6) is -1.17. The molecular weight excluding hydrogens is 392 g/mol. The lowest BCUT2D eigenvalue weighted by molar-refractivity contribution is -0.124. The van der Waals surface area contributed by atoms with E-state index in [1.165, 1.54) is 28.6 Å². The number of nitrogens with one attached hydrogen (secondary N) is 1. The van der Waals surface area contributed by atoms with Crippen LogP contribution < -0.4 is 9.62 Å². The van der Waals surface area contributed by atoms with E-state index in [2.05, 4.69) is 5.32 Å². The van der Waals surface area contributed by atoms with Crippen molar-refractivity contribution < 1.29 is 22.7 Å². The Morgan fingerprint density at radius 2 is 1.76 bits per heavy atom. The summed E-state index contributed by atoms with van der Waals surface area (Å²) < 4.78 is 32.9. The molecule has 0 aliphatic carbocycles. The van der Waals surface area contributed by atoms with Gasteiger partial charge >= 0.3 is 5.97 Å². The Hall–Kier alpha value is -2.87. The van der Waals surface area contributed by atoms with Crippen molar-refractivity contribution >= 4 is 27.6 Å². The highest BCUT2D eigenvalue weighted by Crippen LogP contribution is 2.25. The molecule has 2 rings (SSSR count). The molecule has 1 N–H and O–H groups in total. The van der Waals surface area contributed by atoms with Crippen LogP contribution in [0, 0.1) is 0 Å². The summed E-state index contributed by atoms with van der Waals surface area (Å²) in [7, 11) is -3.88. The number of sulfonamides is 1. The van der Waals surface area contributed by atoms with Crippen LogP contribution in [0.3, 0.4) is 0 Å². The first-order chi connectivity index (χ1) is 13.9. The first-order valence-corrected chi connectivity index (χ1v) is 11.0. The number of esters is 1. The summed E-state index contributed by atoms with van der Waals surface area (Å²) in [5.41, 5.74) is 0.629. The number of likely N-dealkylation sites (N-methyl/N-ethyl adjacent to an activating group) is 1. The van der Waals surface area contributed by atoms with Gasteiger partial charge in [-0.2, -0.15) is 0 Å². The number of rotatable bonds is 10. The third-order valence-corrected chi connectivity index (χ3v) is 5.95. The van der Waals surface area contributed by atoms with E-state index in [0.29, 0.717) is 25.2 Å². The van der Waals surface area contributed by atoms with E-state index in [1.54, 1.807) is 31.2 Å². The maximum atomic E-state index is 13.3. The van der Waals surface area contributed by atoms with Crippen LogP contribution in [-0.2, 0) is 19.6 Å². The van der Waals surface area contributed by atoms with Gasteiger partial charge < -0.3 is 10.1 Å². The Labute approximate surface area is 171 Å². The Kier molecular flexibility index (Phi) is 8.21. The first kappa shape index (κ1) is 22.4. The highest BCUT2D eigenvalue weighted by molar-refractivity contribution is 7.92. The van der Waals surface area contributed by atoms with Crippen molar-refractivity contribution in [3.63, 3.8) is 0 Å². The fraction of sp³-hybridized carbons (Fsp3) is 0.333. The molecule has 2 aromatic carbocycles. The molecule has 0 aliphatic rings. The smallest absolute Gasteiger partial charge is 0.338 e. The Morgan fingerprint density at radius 1 is 1.03 bits per heavy atom. The van der Waals surface area contributed by atoms with Gasteiger partial charge in [0.1, 0.15) is 0 Å². The maximum Gasteiger partial charge on any atom is 0.338 e. The molecular formula is C21H26N2O5S. The minimum absolute atomic E-state index is 0.00934. The molecule has 0 atom stereocenters. The van der Waals surface area contributed by atoms with Crippen LogP contribution in [0.2, 0.25) is 0 Å². The molecule has 156 valence electrons. The molecule has 0 aliphatic heterocycles. The van der Waals surface area contributed by atoms with E-state index in [4.69, 9.17) is 4.74 Å². The fourth-order valence-electron chi connectivity index (χ4n) is 2.66. The summed E-state index contributed by atoms with van der Waals surface area (Å²) >= 11 is 0. The number of carbonyl (C=O) groups is 2. The van der Waals surface area contributed by atoms with Crippen molar-refractivity contribution in [2.75, 3.05) is 24.0 Å². The Bertz CT molecular complexity index is 929. The normalized spacial score (nSPS) is 11.0. The van der Waals surface area contributed by atoms with Gasteiger partial charge in [-0.05, 0) is 43.7 Å². The number of unbranched alkanes of at least 4 members (excludes halogenated alkanes) is 1. The van der Waals surface area contributed by atoms with Crippen LogP contribution in [0.25, 0.3) is 0 Å². The fourth-order valence-corrected chi connectivity index (χ4v) is 4.21. The second kappa shape index (κ2) is 10.6. The lowest BCUT2D eigenvalue weighted by atomic mass is 10.2. The zero-order valence-electron chi connectivity index (χ0n) is 16.6. The molecule has 0 saturated heterocycles. The number of anilines is 1. The van der Waals surface area contributed by atoms with Crippen LogP contribution in [0.15, 0.2) is 59.5 Å². The van der Waals surface area contributed by atoms with Crippen molar-refractivity contribution in [2.24, 2.45) is 0 Å². The molecule has 7 nitrogen and oxygen atoms in total. The number of hydrogen-bond acceptors (Lipinski definition) is 5. The van der Waals surface area contributed by atoms with Crippen LogP contribution in [-0.4, -0.2) is 40.0 Å². The lowest BCUT2D eigenvalue weighted by Crippen LogP contribution is -2.32. The third-order valence-electron chi connectivity index (χ3n) is 4.12. The van der Waals surface area contributed by atoms with Gasteiger partial charge in [-0.15, -0.1) is 0 Å². The van der Waals surface area contributed by atoms with Crippen LogP contribution in [0.4, 0.5) is 5.69 Å². The Balaban J connectivity index is 2.28. The van der Waals surface area contributed by atoms with Crippen molar-refractivity contribution in [1.29, 1.82) is 0 Å². The van der Waals surface area contributed by atoms with E-state index in [-0.39, 0.29) is 10.5 Å². The molecule has 0 bridgehead atoms. The number of amides is 1. The van der Waals surface area contributed by atoms with Crippen LogP contribution in [0.5, 0.6) is 0 Å². The molecule has 29 heavy (non-hydrogen) atoms. The quantitative estimate of drug-likeness (QED) is 0.599. The van der Waals surface area contributed by atoms with Gasteiger partial charge in [0.25, 0.3) is 15.9 Å². The average Bonchev–Trinajstić information content (AvgIpc) is 2.73. The first-order valence-electron chi connectivity index (χ1n) is 9.51. The van der Waals surface area contributed by atoms with Crippen molar-refractivity contribution in [1.82, 2.24) is 5.32 Å². The van der Waals surface area contributed by atoms with Gasteiger partial charge in [0.05, 0.1) is 16.1 Å². The minimum atomic E-state index is -3.88. The lowest BCUT2D eigenvalue weighted by Gasteiger charge is -2.24. The summed E-state index contributed by atoms with van der Waals surface area (Å²) in [4.78, 5) is 23.7. The van der Waals surface area contributed by atoms with Crippen molar-refractivity contribution in [3.05, 3.63) is 60.2 Å². The van der Waals surface area contributed by atoms with Gasteiger partial charge in [0.2, 0.25) is 0 Å². The van der Waals surface area contributed by atoms with E-state index < -0.39 is 28.5 Å².